The van der Waals surface area contributed by atoms with E-state index in [0.717, 1.165) is 40.1 Å². The van der Waals surface area contributed by atoms with Gasteiger partial charge in [0.1, 0.15) is 11.6 Å². The van der Waals surface area contributed by atoms with Gasteiger partial charge in [-0.3, -0.25) is 0 Å². The molecule has 1 aliphatic rings. The molecule has 6 heteroatoms. The summed E-state index contributed by atoms with van der Waals surface area (Å²) in [6.07, 6.45) is 4.38. The van der Waals surface area contributed by atoms with Crippen LogP contribution in [0.3, 0.4) is 0 Å². The summed E-state index contributed by atoms with van der Waals surface area (Å²) in [5, 5.41) is 0.762. The van der Waals surface area contributed by atoms with E-state index in [1.54, 1.807) is 11.8 Å². The lowest BCUT2D eigenvalue weighted by molar-refractivity contribution is 0.659. The van der Waals surface area contributed by atoms with Gasteiger partial charge in [0.15, 0.2) is 0 Å². The van der Waals surface area contributed by atoms with Crippen molar-refractivity contribution in [3.8, 4) is 0 Å². The van der Waals surface area contributed by atoms with E-state index in [-0.39, 0.29) is 0 Å². The maximum absolute atomic E-state index is 6.17. The van der Waals surface area contributed by atoms with Crippen molar-refractivity contribution >= 4 is 29.2 Å². The zero-order valence-corrected chi connectivity index (χ0v) is 13.2. The molecule has 1 heterocycles. The number of aromatic nitrogens is 2. The minimum atomic E-state index is 0.686. The Morgan fingerprint density at radius 1 is 1.19 bits per heavy atom. The smallest absolute Gasteiger partial charge is 0.147 e. The lowest BCUT2D eigenvalue weighted by Gasteiger charge is -2.18. The SMILES string of the molecule is NNc1nc(CSc2ccccc2Cl)nc2c1CCCC2. The Kier molecular flexibility index (Phi) is 4.63. The van der Waals surface area contributed by atoms with Gasteiger partial charge in [0, 0.05) is 16.2 Å². The van der Waals surface area contributed by atoms with Crippen LogP contribution in [0.25, 0.3) is 0 Å². The number of nitrogens with two attached hydrogens (primary N) is 1. The van der Waals surface area contributed by atoms with Crippen molar-refractivity contribution in [2.24, 2.45) is 5.84 Å². The van der Waals surface area contributed by atoms with E-state index >= 15 is 0 Å². The molecule has 2 aromatic rings. The van der Waals surface area contributed by atoms with Gasteiger partial charge in [-0.15, -0.1) is 11.8 Å². The molecule has 3 rings (SSSR count). The van der Waals surface area contributed by atoms with Crippen molar-refractivity contribution in [3.63, 3.8) is 0 Å². The first-order chi connectivity index (χ1) is 10.3. The number of halogens is 1. The summed E-state index contributed by atoms with van der Waals surface area (Å²) in [5.41, 5.74) is 5.03. The summed E-state index contributed by atoms with van der Waals surface area (Å²) < 4.78 is 0. The van der Waals surface area contributed by atoms with Crippen LogP contribution >= 0.6 is 23.4 Å². The Balaban J connectivity index is 1.81. The number of benzene rings is 1. The standard InChI is InChI=1S/C15H17ClN4S/c16-11-6-2-4-8-13(11)21-9-14-18-12-7-3-1-5-10(12)15(19-14)20-17/h2,4,6,8H,1,3,5,7,9,17H2,(H,18,19,20). The molecule has 110 valence electrons. The number of rotatable bonds is 4. The molecule has 1 aliphatic carbocycles. The quantitative estimate of drug-likeness (QED) is 0.512. The summed E-state index contributed by atoms with van der Waals surface area (Å²) >= 11 is 7.81. The van der Waals surface area contributed by atoms with E-state index in [1.807, 2.05) is 24.3 Å². The first kappa shape index (κ1) is 14.6. The van der Waals surface area contributed by atoms with Gasteiger partial charge in [-0.05, 0) is 37.8 Å². The van der Waals surface area contributed by atoms with Crippen LogP contribution in [0.1, 0.15) is 29.9 Å². The number of nitrogens with zero attached hydrogens (tertiary/aromatic N) is 2. The molecule has 0 amide bonds. The number of thioether (sulfide) groups is 1. The topological polar surface area (TPSA) is 63.8 Å². The second-order valence-electron chi connectivity index (χ2n) is 4.98. The second-order valence-corrected chi connectivity index (χ2v) is 6.41. The van der Waals surface area contributed by atoms with Gasteiger partial charge in [-0.2, -0.15) is 0 Å². The number of nitrogens with one attached hydrogen (secondary N) is 1. The molecule has 0 fully saturated rings. The molecular formula is C15H17ClN4S. The number of anilines is 1. The molecule has 21 heavy (non-hydrogen) atoms. The Hall–Kier alpha value is -1.30. The van der Waals surface area contributed by atoms with Gasteiger partial charge in [0.05, 0.1) is 10.8 Å². The summed E-state index contributed by atoms with van der Waals surface area (Å²) in [5.74, 6) is 7.86. The van der Waals surface area contributed by atoms with Crippen LogP contribution in [0.4, 0.5) is 5.82 Å². The molecule has 0 radical (unpaired) electrons. The third-order valence-corrected chi connectivity index (χ3v) is 5.07. The molecule has 0 saturated heterocycles. The molecule has 0 aliphatic heterocycles. The minimum Gasteiger partial charge on any atom is -0.308 e. The number of hydrazine groups is 1. The van der Waals surface area contributed by atoms with Crippen molar-refractivity contribution in [1.82, 2.24) is 9.97 Å². The molecule has 1 aromatic carbocycles. The number of nitrogen functional groups attached to an aromatic ring is 1. The predicted molar refractivity (Wildman–Crippen MR) is 87.5 cm³/mol. The third kappa shape index (κ3) is 3.31. The summed E-state index contributed by atoms with van der Waals surface area (Å²) in [7, 11) is 0. The van der Waals surface area contributed by atoms with Crippen molar-refractivity contribution in [3.05, 3.63) is 46.4 Å². The van der Waals surface area contributed by atoms with E-state index < -0.39 is 0 Å². The van der Waals surface area contributed by atoms with Crippen LogP contribution in [0.15, 0.2) is 29.2 Å². The van der Waals surface area contributed by atoms with E-state index in [2.05, 4.69) is 10.4 Å². The van der Waals surface area contributed by atoms with E-state index in [4.69, 9.17) is 22.4 Å². The molecule has 0 spiro atoms. The molecule has 1 aromatic heterocycles. The number of aryl methyl sites for hydroxylation is 1. The highest BCUT2D eigenvalue weighted by Gasteiger charge is 2.17. The highest BCUT2D eigenvalue weighted by Crippen LogP contribution is 2.30. The summed E-state index contributed by atoms with van der Waals surface area (Å²) in [6.45, 7) is 0. The molecular weight excluding hydrogens is 304 g/mol. The average molecular weight is 321 g/mol. The molecule has 0 saturated carbocycles. The Labute approximate surface area is 133 Å². The predicted octanol–water partition coefficient (Wildman–Crippen LogP) is 3.59. The van der Waals surface area contributed by atoms with Gasteiger partial charge in [-0.1, -0.05) is 23.7 Å². The third-order valence-electron chi connectivity index (χ3n) is 3.56. The Bertz CT molecular complexity index is 630. The van der Waals surface area contributed by atoms with Gasteiger partial charge >= 0.3 is 0 Å². The van der Waals surface area contributed by atoms with Crippen LogP contribution < -0.4 is 11.3 Å². The van der Waals surface area contributed by atoms with Crippen molar-refractivity contribution < 1.29 is 0 Å². The number of hydrogen-bond donors (Lipinski definition) is 2. The fourth-order valence-corrected chi connectivity index (χ4v) is 3.63. The minimum absolute atomic E-state index is 0.686. The van der Waals surface area contributed by atoms with Crippen LogP contribution in [0.5, 0.6) is 0 Å². The zero-order valence-electron chi connectivity index (χ0n) is 11.6. The van der Waals surface area contributed by atoms with Gasteiger partial charge in [0.2, 0.25) is 0 Å². The van der Waals surface area contributed by atoms with Crippen LogP contribution in [0.2, 0.25) is 5.02 Å². The van der Waals surface area contributed by atoms with Crippen molar-refractivity contribution in [1.29, 1.82) is 0 Å². The van der Waals surface area contributed by atoms with E-state index in [0.29, 0.717) is 5.75 Å². The second kappa shape index (κ2) is 6.64. The van der Waals surface area contributed by atoms with E-state index in [9.17, 15) is 0 Å². The number of hydrogen-bond acceptors (Lipinski definition) is 5. The lowest BCUT2D eigenvalue weighted by Crippen LogP contribution is -2.17. The monoisotopic (exact) mass is 320 g/mol. The maximum Gasteiger partial charge on any atom is 0.147 e. The van der Waals surface area contributed by atoms with Gasteiger partial charge < -0.3 is 5.43 Å². The average Bonchev–Trinajstić information content (AvgIpc) is 2.53. The largest absolute Gasteiger partial charge is 0.308 e. The normalized spacial score (nSPS) is 13.8. The number of fused-ring (bicyclic) bond motifs is 1. The molecule has 0 atom stereocenters. The maximum atomic E-state index is 6.17. The van der Waals surface area contributed by atoms with Crippen LogP contribution in [-0.2, 0) is 18.6 Å². The van der Waals surface area contributed by atoms with E-state index in [1.165, 1.54) is 18.4 Å². The van der Waals surface area contributed by atoms with Crippen molar-refractivity contribution in [2.75, 3.05) is 5.43 Å². The molecule has 3 N–H and O–H groups in total. The Morgan fingerprint density at radius 2 is 2.00 bits per heavy atom. The fraction of sp³-hybridized carbons (Fsp3) is 0.333. The summed E-state index contributed by atoms with van der Waals surface area (Å²) in [4.78, 5) is 10.3. The Morgan fingerprint density at radius 3 is 2.81 bits per heavy atom. The summed E-state index contributed by atoms with van der Waals surface area (Å²) in [6, 6.07) is 7.81. The highest BCUT2D eigenvalue weighted by atomic mass is 35.5. The molecule has 0 unspecified atom stereocenters. The van der Waals surface area contributed by atoms with Gasteiger partial charge in [-0.25, -0.2) is 15.8 Å². The van der Waals surface area contributed by atoms with Crippen molar-refractivity contribution in [2.45, 2.75) is 36.3 Å². The van der Waals surface area contributed by atoms with Crippen LogP contribution in [0, 0.1) is 0 Å². The highest BCUT2D eigenvalue weighted by molar-refractivity contribution is 7.98. The molecule has 0 bridgehead atoms. The lowest BCUT2D eigenvalue weighted by atomic mass is 9.96. The fourth-order valence-electron chi connectivity index (χ4n) is 2.53. The van der Waals surface area contributed by atoms with Crippen LogP contribution in [-0.4, -0.2) is 9.97 Å². The first-order valence-corrected chi connectivity index (χ1v) is 8.37. The molecule has 4 nitrogen and oxygen atoms in total. The first-order valence-electron chi connectivity index (χ1n) is 7.00. The zero-order chi connectivity index (χ0) is 14.7. The van der Waals surface area contributed by atoms with Gasteiger partial charge in [0.25, 0.3) is 0 Å².